The highest BCUT2D eigenvalue weighted by molar-refractivity contribution is 5.57. The van der Waals surface area contributed by atoms with Gasteiger partial charge in [0, 0.05) is 24.2 Å². The molecule has 0 bridgehead atoms. The van der Waals surface area contributed by atoms with Crippen LogP contribution in [0, 0.1) is 0 Å². The second-order valence-electron chi connectivity index (χ2n) is 6.64. The van der Waals surface area contributed by atoms with E-state index >= 15 is 0 Å². The highest BCUT2D eigenvalue weighted by atomic mass is 16.5. The van der Waals surface area contributed by atoms with E-state index in [4.69, 9.17) is 4.74 Å². The van der Waals surface area contributed by atoms with Gasteiger partial charge in [-0.15, -0.1) is 0 Å². The van der Waals surface area contributed by atoms with Crippen molar-refractivity contribution in [2.45, 2.75) is 44.5 Å². The van der Waals surface area contributed by atoms with Crippen molar-refractivity contribution in [2.75, 3.05) is 13.2 Å². The Kier molecular flexibility index (Phi) is 4.45. The van der Waals surface area contributed by atoms with Gasteiger partial charge < -0.3 is 4.74 Å². The Morgan fingerprint density at radius 2 is 1.92 bits per heavy atom. The average molecular weight is 325 g/mol. The molecule has 0 amide bonds. The molecule has 126 valence electrons. The van der Waals surface area contributed by atoms with E-state index in [0.717, 1.165) is 37.3 Å². The van der Waals surface area contributed by atoms with Gasteiger partial charge in [0.15, 0.2) is 0 Å². The van der Waals surface area contributed by atoms with E-state index in [0.29, 0.717) is 18.8 Å². The van der Waals surface area contributed by atoms with Crippen LogP contribution in [-0.2, 0) is 11.4 Å². The van der Waals surface area contributed by atoms with Crippen LogP contribution in [0.4, 0.5) is 0 Å². The summed E-state index contributed by atoms with van der Waals surface area (Å²) in [7, 11) is 0. The summed E-state index contributed by atoms with van der Waals surface area (Å²) in [5.41, 5.74) is 1.82. The Labute approximate surface area is 141 Å². The smallest absolute Gasteiger partial charge is 0.268 e. The van der Waals surface area contributed by atoms with Crippen molar-refractivity contribution < 1.29 is 4.74 Å². The molecular weight excluding hydrogens is 302 g/mol. The molecule has 1 aromatic heterocycles. The minimum absolute atomic E-state index is 0.0477. The molecule has 5 heteroatoms. The summed E-state index contributed by atoms with van der Waals surface area (Å²) < 4.78 is 7.52. The van der Waals surface area contributed by atoms with Crippen molar-refractivity contribution in [3.63, 3.8) is 0 Å². The fourth-order valence-electron chi connectivity index (χ4n) is 3.84. The van der Waals surface area contributed by atoms with Gasteiger partial charge in [-0.1, -0.05) is 43.2 Å². The summed E-state index contributed by atoms with van der Waals surface area (Å²) in [5, 5.41) is 4.60. The Morgan fingerprint density at radius 1 is 1.08 bits per heavy atom. The number of aromatic nitrogens is 2. The second kappa shape index (κ2) is 6.87. The van der Waals surface area contributed by atoms with Crippen molar-refractivity contribution in [1.82, 2.24) is 14.7 Å². The molecular formula is C19H23N3O2. The summed E-state index contributed by atoms with van der Waals surface area (Å²) in [6.45, 7) is 2.16. The van der Waals surface area contributed by atoms with Crippen LogP contribution >= 0.6 is 0 Å². The molecule has 0 spiro atoms. The fourth-order valence-corrected chi connectivity index (χ4v) is 3.84. The number of hydrogen-bond acceptors (Lipinski definition) is 4. The predicted octanol–water partition coefficient (Wildman–Crippen LogP) is 2.51. The van der Waals surface area contributed by atoms with Gasteiger partial charge in [0.05, 0.1) is 25.1 Å². The highest BCUT2D eigenvalue weighted by Crippen LogP contribution is 2.28. The zero-order valence-corrected chi connectivity index (χ0v) is 13.8. The molecule has 1 saturated heterocycles. The van der Waals surface area contributed by atoms with Gasteiger partial charge >= 0.3 is 0 Å². The number of fused-ring (bicyclic) bond motifs is 1. The number of hydrogen-bond donors (Lipinski definition) is 0. The quantitative estimate of drug-likeness (QED) is 0.870. The molecule has 2 aliphatic rings. The van der Waals surface area contributed by atoms with E-state index in [9.17, 15) is 4.79 Å². The molecule has 0 N–H and O–H groups in total. The maximum Gasteiger partial charge on any atom is 0.268 e. The Hall–Kier alpha value is -1.98. The molecule has 2 atom stereocenters. The van der Waals surface area contributed by atoms with Crippen LogP contribution in [0.25, 0.3) is 11.3 Å². The summed E-state index contributed by atoms with van der Waals surface area (Å²) in [4.78, 5) is 14.7. The first kappa shape index (κ1) is 15.5. The molecule has 4 rings (SSSR count). The molecule has 1 aromatic carbocycles. The Balaban J connectivity index is 1.58. The van der Waals surface area contributed by atoms with Gasteiger partial charge in [-0.3, -0.25) is 9.69 Å². The van der Waals surface area contributed by atoms with Gasteiger partial charge in [0.25, 0.3) is 5.56 Å². The van der Waals surface area contributed by atoms with Crippen LogP contribution < -0.4 is 5.56 Å². The molecule has 0 unspecified atom stereocenters. The summed E-state index contributed by atoms with van der Waals surface area (Å²) in [6, 6.07) is 13.8. The highest BCUT2D eigenvalue weighted by Gasteiger charge is 2.34. The van der Waals surface area contributed by atoms with Crippen molar-refractivity contribution in [3.05, 3.63) is 52.8 Å². The Bertz CT molecular complexity index is 742. The molecule has 24 heavy (non-hydrogen) atoms. The van der Waals surface area contributed by atoms with E-state index in [1.54, 1.807) is 16.8 Å². The van der Waals surface area contributed by atoms with E-state index in [1.165, 1.54) is 12.8 Å². The summed E-state index contributed by atoms with van der Waals surface area (Å²) in [5.74, 6) is 0. The first-order valence-electron chi connectivity index (χ1n) is 8.80. The third-order valence-electron chi connectivity index (χ3n) is 5.10. The third kappa shape index (κ3) is 3.14. The molecule has 2 heterocycles. The SMILES string of the molecule is O=c1ccc(-c2ccccc2)nn1CN1CCO[C@H]2CCCC[C@@H]21. The maximum absolute atomic E-state index is 12.3. The van der Waals surface area contributed by atoms with E-state index < -0.39 is 0 Å². The zero-order chi connectivity index (χ0) is 16.4. The lowest BCUT2D eigenvalue weighted by Gasteiger charge is -2.43. The largest absolute Gasteiger partial charge is 0.375 e. The number of rotatable bonds is 3. The lowest BCUT2D eigenvalue weighted by Crippen LogP contribution is -2.53. The van der Waals surface area contributed by atoms with Crippen molar-refractivity contribution in [1.29, 1.82) is 0 Å². The lowest BCUT2D eigenvalue weighted by molar-refractivity contribution is -0.0996. The number of morpholine rings is 1. The fraction of sp³-hybridized carbons (Fsp3) is 0.474. The molecule has 2 aromatic rings. The minimum atomic E-state index is -0.0477. The molecule has 2 fully saturated rings. The van der Waals surface area contributed by atoms with Crippen LogP contribution in [0.3, 0.4) is 0 Å². The number of nitrogens with zero attached hydrogens (tertiary/aromatic N) is 3. The van der Waals surface area contributed by atoms with Gasteiger partial charge in [0.1, 0.15) is 0 Å². The standard InChI is InChI=1S/C19H23N3O2/c23-19-11-10-16(15-6-2-1-3-7-15)20-22(19)14-21-12-13-24-18-9-5-4-8-17(18)21/h1-3,6-7,10-11,17-18H,4-5,8-9,12-14H2/t17-,18-/m0/s1. The molecule has 0 radical (unpaired) electrons. The second-order valence-corrected chi connectivity index (χ2v) is 6.64. The number of ether oxygens (including phenoxy) is 1. The van der Waals surface area contributed by atoms with Crippen LogP contribution in [0.5, 0.6) is 0 Å². The van der Waals surface area contributed by atoms with Gasteiger partial charge in [0.2, 0.25) is 0 Å². The van der Waals surface area contributed by atoms with Gasteiger partial charge in [-0.25, -0.2) is 4.68 Å². The molecule has 1 aliphatic carbocycles. The van der Waals surface area contributed by atoms with E-state index in [-0.39, 0.29) is 5.56 Å². The zero-order valence-electron chi connectivity index (χ0n) is 13.8. The topological polar surface area (TPSA) is 47.4 Å². The summed E-state index contributed by atoms with van der Waals surface area (Å²) >= 11 is 0. The van der Waals surface area contributed by atoms with E-state index in [1.807, 2.05) is 30.3 Å². The van der Waals surface area contributed by atoms with E-state index in [2.05, 4.69) is 10.00 Å². The van der Waals surface area contributed by atoms with Crippen LogP contribution in [0.2, 0.25) is 0 Å². The molecule has 5 nitrogen and oxygen atoms in total. The first-order valence-corrected chi connectivity index (χ1v) is 8.80. The minimum Gasteiger partial charge on any atom is -0.375 e. The summed E-state index contributed by atoms with van der Waals surface area (Å²) in [6.07, 6.45) is 5.09. The normalized spacial score (nSPS) is 24.5. The monoisotopic (exact) mass is 325 g/mol. The maximum atomic E-state index is 12.3. The lowest BCUT2D eigenvalue weighted by atomic mass is 9.90. The van der Waals surface area contributed by atoms with Crippen LogP contribution in [-0.4, -0.2) is 40.0 Å². The van der Waals surface area contributed by atoms with Gasteiger partial charge in [-0.05, 0) is 18.9 Å². The average Bonchev–Trinajstić information content (AvgIpc) is 2.64. The number of benzene rings is 1. The van der Waals surface area contributed by atoms with Gasteiger partial charge in [-0.2, -0.15) is 5.10 Å². The van der Waals surface area contributed by atoms with Crippen molar-refractivity contribution in [2.24, 2.45) is 0 Å². The van der Waals surface area contributed by atoms with Crippen molar-refractivity contribution >= 4 is 0 Å². The van der Waals surface area contributed by atoms with Crippen LogP contribution in [0.15, 0.2) is 47.3 Å². The van der Waals surface area contributed by atoms with Crippen molar-refractivity contribution in [3.8, 4) is 11.3 Å². The Morgan fingerprint density at radius 3 is 2.79 bits per heavy atom. The molecule has 1 saturated carbocycles. The molecule has 1 aliphatic heterocycles. The third-order valence-corrected chi connectivity index (χ3v) is 5.10. The predicted molar refractivity (Wildman–Crippen MR) is 92.6 cm³/mol. The first-order chi connectivity index (χ1) is 11.8. The van der Waals surface area contributed by atoms with Crippen LogP contribution in [0.1, 0.15) is 25.7 Å².